The van der Waals surface area contributed by atoms with Crippen LogP contribution < -0.4 is 10.2 Å². The van der Waals surface area contributed by atoms with Gasteiger partial charge < -0.3 is 9.72 Å². The van der Waals surface area contributed by atoms with E-state index in [2.05, 4.69) is 22.3 Å². The molecule has 0 atom stereocenters. The number of nitrogens with one attached hydrogen (secondary N) is 2. The highest BCUT2D eigenvalue weighted by atomic mass is 32.1. The molecule has 0 spiro atoms. The fraction of sp³-hybridized carbons (Fsp3) is 0.400. The third kappa shape index (κ3) is 4.14. The molecule has 1 aliphatic heterocycles. The zero-order chi connectivity index (χ0) is 18.6. The number of ether oxygens (including phenoxy) is 1. The van der Waals surface area contributed by atoms with Crippen LogP contribution in [0.3, 0.4) is 0 Å². The number of hydrogen-bond donors (Lipinski definition) is 2. The number of aryl methyl sites for hydroxylation is 1. The Hall–Kier alpha value is -2.38. The second-order valence-corrected chi connectivity index (χ2v) is 7.71. The number of carbonyl (C=O) groups excluding carboxylic acids is 1. The molecule has 0 aliphatic carbocycles. The first kappa shape index (κ1) is 18.0. The fourth-order valence-electron chi connectivity index (χ4n) is 3.31. The van der Waals surface area contributed by atoms with Crippen LogP contribution >= 0.6 is 11.3 Å². The Morgan fingerprint density at radius 1 is 1.33 bits per heavy atom. The first-order valence-electron chi connectivity index (χ1n) is 9.46. The molecule has 1 saturated heterocycles. The predicted molar refractivity (Wildman–Crippen MR) is 107 cm³/mol. The largest absolute Gasteiger partial charge is 0.487 e. The minimum atomic E-state index is -0.105. The van der Waals surface area contributed by atoms with Gasteiger partial charge in [0.2, 0.25) is 0 Å². The minimum absolute atomic E-state index is 0.105. The van der Waals surface area contributed by atoms with E-state index >= 15 is 0 Å². The first-order chi connectivity index (χ1) is 13.2. The molecule has 142 valence electrons. The molecule has 0 bridgehead atoms. The van der Waals surface area contributed by atoms with Crippen LogP contribution in [0.5, 0.6) is 5.75 Å². The summed E-state index contributed by atoms with van der Waals surface area (Å²) in [6.45, 7) is 4.35. The van der Waals surface area contributed by atoms with E-state index in [0.717, 1.165) is 59.7 Å². The zero-order valence-corrected chi connectivity index (χ0v) is 16.3. The van der Waals surface area contributed by atoms with Crippen molar-refractivity contribution in [3.63, 3.8) is 0 Å². The second-order valence-electron chi connectivity index (χ2n) is 6.76. The molecule has 2 N–H and O–H groups in total. The maximum atomic E-state index is 12.6. The van der Waals surface area contributed by atoms with E-state index in [9.17, 15) is 4.79 Å². The molecule has 3 heterocycles. The standard InChI is InChI=1S/C20H24N4O2S/c1-2-19-21-14(13-27-19)12-26-18-8-6-7-16-15(18)11-17(22-16)20(25)23-24-9-4-3-5-10-24/h6-8,11,13,22H,2-5,9-10,12H2,1H3,(H,23,25). The lowest BCUT2D eigenvalue weighted by atomic mass is 10.2. The van der Waals surface area contributed by atoms with E-state index in [1.165, 1.54) is 6.42 Å². The van der Waals surface area contributed by atoms with Gasteiger partial charge in [-0.05, 0) is 37.5 Å². The van der Waals surface area contributed by atoms with Gasteiger partial charge in [0.25, 0.3) is 5.91 Å². The highest BCUT2D eigenvalue weighted by Gasteiger charge is 2.17. The molecule has 1 aliphatic rings. The lowest BCUT2D eigenvalue weighted by molar-refractivity contribution is 0.0745. The van der Waals surface area contributed by atoms with Crippen molar-refractivity contribution in [3.8, 4) is 5.75 Å². The lowest BCUT2D eigenvalue weighted by Gasteiger charge is -2.26. The summed E-state index contributed by atoms with van der Waals surface area (Å²) < 4.78 is 5.99. The Morgan fingerprint density at radius 2 is 2.19 bits per heavy atom. The van der Waals surface area contributed by atoms with Crippen LogP contribution in [0, 0.1) is 0 Å². The molecule has 0 saturated carbocycles. The van der Waals surface area contributed by atoms with Gasteiger partial charge in [-0.25, -0.2) is 9.99 Å². The van der Waals surface area contributed by atoms with Gasteiger partial charge in [-0.1, -0.05) is 19.4 Å². The number of carbonyl (C=O) groups is 1. The van der Waals surface area contributed by atoms with Crippen molar-refractivity contribution in [1.82, 2.24) is 20.4 Å². The summed E-state index contributed by atoms with van der Waals surface area (Å²) in [5.74, 6) is 0.651. The predicted octanol–water partition coefficient (Wildman–Crippen LogP) is 3.90. The Labute approximate surface area is 162 Å². The summed E-state index contributed by atoms with van der Waals surface area (Å²) in [4.78, 5) is 20.3. The molecule has 2 aromatic heterocycles. The fourth-order valence-corrected chi connectivity index (χ4v) is 4.04. The average molecular weight is 385 g/mol. The summed E-state index contributed by atoms with van der Waals surface area (Å²) in [6, 6.07) is 7.68. The van der Waals surface area contributed by atoms with Gasteiger partial charge in [0, 0.05) is 29.4 Å². The van der Waals surface area contributed by atoms with Crippen LogP contribution in [0.15, 0.2) is 29.6 Å². The third-order valence-electron chi connectivity index (χ3n) is 4.76. The number of nitrogens with zero attached hydrogens (tertiary/aromatic N) is 2. The van der Waals surface area contributed by atoms with Gasteiger partial charge >= 0.3 is 0 Å². The lowest BCUT2D eigenvalue weighted by Crippen LogP contribution is -2.45. The molecule has 6 nitrogen and oxygen atoms in total. The van der Waals surface area contributed by atoms with Crippen LogP contribution in [0.2, 0.25) is 0 Å². The van der Waals surface area contributed by atoms with Crippen molar-refractivity contribution in [2.45, 2.75) is 39.2 Å². The Bertz CT molecular complexity index is 927. The van der Waals surface area contributed by atoms with E-state index in [1.54, 1.807) is 11.3 Å². The number of rotatable bonds is 6. The van der Waals surface area contributed by atoms with E-state index in [4.69, 9.17) is 4.74 Å². The number of thiazole rings is 1. The quantitative estimate of drug-likeness (QED) is 0.676. The maximum absolute atomic E-state index is 12.6. The van der Waals surface area contributed by atoms with Crippen molar-refractivity contribution in [3.05, 3.63) is 46.0 Å². The number of amides is 1. The number of aromatic amines is 1. The molecular weight excluding hydrogens is 360 g/mol. The average Bonchev–Trinajstić information content (AvgIpc) is 3.34. The minimum Gasteiger partial charge on any atom is -0.487 e. The number of piperidine rings is 1. The van der Waals surface area contributed by atoms with Crippen LogP contribution in [-0.4, -0.2) is 34.0 Å². The smallest absolute Gasteiger partial charge is 0.282 e. The number of H-pyrrole nitrogens is 1. The van der Waals surface area contributed by atoms with Gasteiger partial charge in [0.05, 0.1) is 10.7 Å². The highest BCUT2D eigenvalue weighted by molar-refractivity contribution is 7.09. The molecule has 3 aromatic rings. The summed E-state index contributed by atoms with van der Waals surface area (Å²) >= 11 is 1.66. The van der Waals surface area contributed by atoms with Crippen LogP contribution in [-0.2, 0) is 13.0 Å². The SMILES string of the molecule is CCc1nc(COc2cccc3[nH]c(C(=O)NN4CCCCC4)cc23)cs1. The van der Waals surface area contributed by atoms with Crippen molar-refractivity contribution in [2.75, 3.05) is 13.1 Å². The molecule has 27 heavy (non-hydrogen) atoms. The van der Waals surface area contributed by atoms with Crippen molar-refractivity contribution in [2.24, 2.45) is 0 Å². The van der Waals surface area contributed by atoms with E-state index in [-0.39, 0.29) is 5.91 Å². The molecule has 7 heteroatoms. The molecule has 1 amide bonds. The van der Waals surface area contributed by atoms with E-state index < -0.39 is 0 Å². The van der Waals surface area contributed by atoms with Gasteiger partial charge in [0.15, 0.2) is 0 Å². The number of benzene rings is 1. The molecule has 4 rings (SSSR count). The Balaban J connectivity index is 1.48. The van der Waals surface area contributed by atoms with Crippen molar-refractivity contribution >= 4 is 28.1 Å². The Morgan fingerprint density at radius 3 is 2.96 bits per heavy atom. The molecule has 0 radical (unpaired) electrons. The Kier molecular flexibility index (Phi) is 5.40. The highest BCUT2D eigenvalue weighted by Crippen LogP contribution is 2.27. The van der Waals surface area contributed by atoms with Crippen LogP contribution in [0.4, 0.5) is 0 Å². The number of hydrogen-bond acceptors (Lipinski definition) is 5. The summed E-state index contributed by atoms with van der Waals surface area (Å²) in [5, 5.41) is 6.06. The van der Waals surface area contributed by atoms with Gasteiger partial charge in [-0.3, -0.25) is 10.2 Å². The summed E-state index contributed by atoms with van der Waals surface area (Å²) in [7, 11) is 0. The third-order valence-corrected chi connectivity index (χ3v) is 5.80. The molecule has 1 fully saturated rings. The molecule has 1 aromatic carbocycles. The molecular formula is C20H24N4O2S. The maximum Gasteiger partial charge on any atom is 0.282 e. The summed E-state index contributed by atoms with van der Waals surface area (Å²) in [5.41, 5.74) is 5.38. The van der Waals surface area contributed by atoms with Crippen molar-refractivity contribution < 1.29 is 9.53 Å². The monoisotopic (exact) mass is 384 g/mol. The van der Waals surface area contributed by atoms with Crippen molar-refractivity contribution in [1.29, 1.82) is 0 Å². The number of fused-ring (bicyclic) bond motifs is 1. The zero-order valence-electron chi connectivity index (χ0n) is 15.5. The number of aromatic nitrogens is 2. The van der Waals surface area contributed by atoms with Crippen LogP contribution in [0.1, 0.15) is 47.4 Å². The normalized spacial score (nSPS) is 15.1. The van der Waals surface area contributed by atoms with Gasteiger partial charge in [0.1, 0.15) is 18.1 Å². The number of hydrazine groups is 1. The first-order valence-corrected chi connectivity index (χ1v) is 10.3. The van der Waals surface area contributed by atoms with E-state index in [1.807, 2.05) is 34.7 Å². The van der Waals surface area contributed by atoms with Crippen LogP contribution in [0.25, 0.3) is 10.9 Å². The topological polar surface area (TPSA) is 70.2 Å². The molecule has 0 unspecified atom stereocenters. The van der Waals surface area contributed by atoms with E-state index in [0.29, 0.717) is 12.3 Å². The van der Waals surface area contributed by atoms with Gasteiger partial charge in [-0.2, -0.15) is 0 Å². The van der Waals surface area contributed by atoms with Gasteiger partial charge in [-0.15, -0.1) is 11.3 Å². The summed E-state index contributed by atoms with van der Waals surface area (Å²) in [6.07, 6.45) is 4.43. The second kappa shape index (κ2) is 8.10.